The van der Waals surface area contributed by atoms with E-state index in [2.05, 4.69) is 32.6 Å². The van der Waals surface area contributed by atoms with E-state index in [1.807, 2.05) is 24.3 Å². The number of phenolic OH excluding ortho intramolecular Hbond substituents is 2. The predicted octanol–water partition coefficient (Wildman–Crippen LogP) is 9.29. The molecule has 0 amide bonds. The highest BCUT2D eigenvalue weighted by atomic mass is 32.2. The highest BCUT2D eigenvalue weighted by Gasteiger charge is 2.27. The van der Waals surface area contributed by atoms with Crippen molar-refractivity contribution in [2.24, 2.45) is 26.4 Å². The van der Waals surface area contributed by atoms with Gasteiger partial charge in [0.15, 0.2) is 0 Å². The van der Waals surface area contributed by atoms with Crippen molar-refractivity contribution in [2.75, 3.05) is 0 Å². The minimum atomic E-state index is -5.01. The molecule has 0 aliphatic heterocycles. The van der Waals surface area contributed by atoms with Gasteiger partial charge in [0, 0.05) is 11.3 Å². The molecule has 0 unspecified atom stereocenters. The van der Waals surface area contributed by atoms with Gasteiger partial charge in [0.2, 0.25) is 0 Å². The van der Waals surface area contributed by atoms with Crippen molar-refractivity contribution in [1.82, 2.24) is 0 Å². The van der Waals surface area contributed by atoms with Crippen LogP contribution >= 0.6 is 0 Å². The fraction of sp³-hybridized carbons (Fsp3) is 0.200. The molecule has 49 heavy (non-hydrogen) atoms. The molecule has 1 aliphatic carbocycles. The largest absolute Gasteiger partial charge is 0.508 e. The van der Waals surface area contributed by atoms with Crippen molar-refractivity contribution in [1.29, 1.82) is 0 Å². The molecule has 14 heteroatoms. The van der Waals surface area contributed by atoms with E-state index in [1.54, 1.807) is 36.4 Å². The SMILES string of the molecule is O=S(=O)(O)c1cc(S(=O)(=O)O)c2c(N=Nc3ccc([C@@H](c4ccc(N=Nc5ccc(O)cc5)cc4)C4CCCCC4)cc3)c(O)ccc2c1. The second kappa shape index (κ2) is 13.8. The predicted molar refractivity (Wildman–Crippen MR) is 183 cm³/mol. The maximum absolute atomic E-state index is 12.2. The van der Waals surface area contributed by atoms with Crippen molar-refractivity contribution < 1.29 is 36.2 Å². The third kappa shape index (κ3) is 7.84. The quantitative estimate of drug-likeness (QED) is 0.0861. The number of rotatable bonds is 9. The van der Waals surface area contributed by atoms with E-state index in [4.69, 9.17) is 0 Å². The van der Waals surface area contributed by atoms with Crippen LogP contribution in [-0.2, 0) is 20.2 Å². The van der Waals surface area contributed by atoms with Crippen molar-refractivity contribution in [3.05, 3.63) is 108 Å². The second-order valence-corrected chi connectivity index (χ2v) is 14.7. The number of phenols is 2. The van der Waals surface area contributed by atoms with Crippen molar-refractivity contribution >= 4 is 53.8 Å². The minimum Gasteiger partial charge on any atom is -0.508 e. The van der Waals surface area contributed by atoms with Gasteiger partial charge in [-0.1, -0.05) is 49.6 Å². The molecule has 0 spiro atoms. The Morgan fingerprint density at radius 3 is 1.61 bits per heavy atom. The van der Waals surface area contributed by atoms with Crippen LogP contribution in [0.3, 0.4) is 0 Å². The average Bonchev–Trinajstić information content (AvgIpc) is 3.08. The molecule has 12 nitrogen and oxygen atoms in total. The van der Waals surface area contributed by atoms with E-state index in [1.165, 1.54) is 18.6 Å². The lowest BCUT2D eigenvalue weighted by atomic mass is 9.73. The monoisotopic (exact) mass is 700 g/mol. The summed E-state index contributed by atoms with van der Waals surface area (Å²) in [5.41, 5.74) is 3.61. The van der Waals surface area contributed by atoms with Gasteiger partial charge in [-0.2, -0.15) is 32.2 Å². The van der Waals surface area contributed by atoms with Gasteiger partial charge in [0.05, 0.1) is 22.0 Å². The Bertz CT molecular complexity index is 2270. The Morgan fingerprint density at radius 1 is 0.592 bits per heavy atom. The smallest absolute Gasteiger partial charge is 0.295 e. The van der Waals surface area contributed by atoms with Crippen LogP contribution in [0.15, 0.2) is 127 Å². The number of azo groups is 2. The van der Waals surface area contributed by atoms with E-state index < -0.39 is 35.8 Å². The van der Waals surface area contributed by atoms with Gasteiger partial charge in [-0.25, -0.2) is 0 Å². The molecule has 1 aliphatic rings. The topological polar surface area (TPSA) is 199 Å². The van der Waals surface area contributed by atoms with Crippen LogP contribution in [0, 0.1) is 5.92 Å². The first-order chi connectivity index (χ1) is 23.4. The maximum Gasteiger partial charge on any atom is 0.295 e. The lowest BCUT2D eigenvalue weighted by Gasteiger charge is -2.31. The fourth-order valence-corrected chi connectivity index (χ4v) is 7.63. The zero-order valence-corrected chi connectivity index (χ0v) is 27.6. The Hall–Kier alpha value is -5.02. The van der Waals surface area contributed by atoms with Gasteiger partial charge < -0.3 is 10.2 Å². The Morgan fingerprint density at radius 2 is 1.10 bits per heavy atom. The summed E-state index contributed by atoms with van der Waals surface area (Å²) < 4.78 is 67.4. The molecule has 0 aromatic heterocycles. The van der Waals surface area contributed by atoms with Crippen LogP contribution in [0.1, 0.15) is 49.1 Å². The highest BCUT2D eigenvalue weighted by molar-refractivity contribution is 7.86. The van der Waals surface area contributed by atoms with E-state index in [9.17, 15) is 36.2 Å². The average molecular weight is 701 g/mol. The molecule has 1 fully saturated rings. The molecule has 1 atom stereocenters. The minimum absolute atomic E-state index is 0.0204. The van der Waals surface area contributed by atoms with Crippen molar-refractivity contribution in [2.45, 2.75) is 47.8 Å². The van der Waals surface area contributed by atoms with Crippen LogP contribution in [0.25, 0.3) is 10.8 Å². The van der Waals surface area contributed by atoms with Gasteiger partial charge in [0.25, 0.3) is 20.2 Å². The van der Waals surface area contributed by atoms with E-state index in [-0.39, 0.29) is 28.1 Å². The zero-order chi connectivity index (χ0) is 34.8. The standard InChI is InChI=1S/C35H32N4O8S2/c40-29-17-15-28(16-18-29)37-36-26-11-6-23(7-12-26)33(22-4-2-1-3-5-22)24-8-13-27(14-9-24)38-39-35-31(41)19-10-25-20-30(48(42,43)44)21-32(34(25)35)49(45,46)47/h6-22,33,40-41H,1-5H2,(H,42,43,44)(H,45,46,47)/t33-/m1/s1. The molecule has 4 N–H and O–H groups in total. The van der Waals surface area contributed by atoms with Crippen LogP contribution < -0.4 is 0 Å². The summed E-state index contributed by atoms with van der Waals surface area (Å²) in [6.07, 6.45) is 5.68. The molecule has 0 heterocycles. The molecule has 6 rings (SSSR count). The number of benzene rings is 5. The van der Waals surface area contributed by atoms with Gasteiger partial charge in [0.1, 0.15) is 22.1 Å². The van der Waals surface area contributed by atoms with Crippen LogP contribution in [0.2, 0.25) is 0 Å². The molecule has 1 saturated carbocycles. The normalized spacial score (nSPS) is 15.3. The number of fused-ring (bicyclic) bond motifs is 1. The third-order valence-corrected chi connectivity index (χ3v) is 10.3. The molecule has 252 valence electrons. The van der Waals surface area contributed by atoms with Crippen molar-refractivity contribution in [3.63, 3.8) is 0 Å². The van der Waals surface area contributed by atoms with E-state index >= 15 is 0 Å². The number of hydrogen-bond acceptors (Lipinski definition) is 10. The summed E-state index contributed by atoms with van der Waals surface area (Å²) in [5, 5.41) is 36.7. The molecular weight excluding hydrogens is 669 g/mol. The summed E-state index contributed by atoms with van der Waals surface area (Å²) in [4.78, 5) is -1.61. The summed E-state index contributed by atoms with van der Waals surface area (Å²) in [7, 11) is -9.83. The fourth-order valence-electron chi connectivity index (χ4n) is 6.27. The Balaban J connectivity index is 1.31. The molecule has 5 aromatic carbocycles. The van der Waals surface area contributed by atoms with Crippen LogP contribution in [-0.4, -0.2) is 36.2 Å². The first kappa shape index (κ1) is 33.9. The summed E-state index contributed by atoms with van der Waals surface area (Å²) in [5.74, 6) is 0.224. The van der Waals surface area contributed by atoms with Gasteiger partial charge >= 0.3 is 0 Å². The van der Waals surface area contributed by atoms with Gasteiger partial charge in [-0.15, -0.1) is 5.11 Å². The summed E-state index contributed by atoms with van der Waals surface area (Å²) in [6.45, 7) is 0. The number of aromatic hydroxyl groups is 2. The van der Waals surface area contributed by atoms with Crippen LogP contribution in [0.4, 0.5) is 22.7 Å². The maximum atomic E-state index is 12.2. The lowest BCUT2D eigenvalue weighted by molar-refractivity contribution is 0.327. The Kier molecular flexibility index (Phi) is 9.56. The van der Waals surface area contributed by atoms with Crippen LogP contribution in [0.5, 0.6) is 11.5 Å². The number of nitrogens with zero attached hydrogens (tertiary/aromatic N) is 4. The molecule has 5 aromatic rings. The molecule has 0 radical (unpaired) electrons. The third-order valence-electron chi connectivity index (χ3n) is 8.60. The zero-order valence-electron chi connectivity index (χ0n) is 26.0. The van der Waals surface area contributed by atoms with Gasteiger partial charge in [-0.05, 0) is 102 Å². The first-order valence-electron chi connectivity index (χ1n) is 15.4. The Labute approximate surface area is 283 Å². The first-order valence-corrected chi connectivity index (χ1v) is 18.3. The molecule has 0 bridgehead atoms. The summed E-state index contributed by atoms with van der Waals surface area (Å²) >= 11 is 0. The van der Waals surface area contributed by atoms with Gasteiger partial charge in [-0.3, -0.25) is 9.11 Å². The highest BCUT2D eigenvalue weighted by Crippen LogP contribution is 2.43. The second-order valence-electron chi connectivity index (χ2n) is 11.9. The van der Waals surface area contributed by atoms with E-state index in [0.29, 0.717) is 29.0 Å². The molecular formula is C35H32N4O8S2. The summed E-state index contributed by atoms with van der Waals surface area (Å²) in [6, 6.07) is 25.9. The molecule has 0 saturated heterocycles. The van der Waals surface area contributed by atoms with Crippen molar-refractivity contribution in [3.8, 4) is 11.5 Å². The number of hydrogen-bond donors (Lipinski definition) is 4. The lowest BCUT2D eigenvalue weighted by Crippen LogP contribution is -2.17. The van der Waals surface area contributed by atoms with E-state index in [0.717, 1.165) is 42.9 Å².